The van der Waals surface area contributed by atoms with Gasteiger partial charge in [-0.2, -0.15) is 0 Å². The van der Waals surface area contributed by atoms with Gasteiger partial charge in [0.25, 0.3) is 0 Å². The molecule has 1 atom stereocenters. The fraction of sp³-hybridized carbons (Fsp3) is 0.600. The Morgan fingerprint density at radius 2 is 2.16 bits per heavy atom. The Balaban J connectivity index is 1.65. The largest absolute Gasteiger partial charge is 0.326 e. The van der Waals surface area contributed by atoms with E-state index in [1.807, 2.05) is 0 Å². The van der Waals surface area contributed by atoms with E-state index in [1.54, 1.807) is 0 Å². The number of piperazine rings is 1. The van der Waals surface area contributed by atoms with Crippen molar-refractivity contribution in [2.24, 2.45) is 5.73 Å². The minimum absolute atomic E-state index is 0.611. The third-order valence-electron chi connectivity index (χ3n) is 4.42. The lowest BCUT2D eigenvalue weighted by Crippen LogP contribution is -2.49. The standard InChI is InChI=1S/C15H22BrN3/c16-15-8-12(9-17)3-4-13(15)10-18-6-7-19-5-1-2-14(19)11-18/h3-4,8,14H,1-2,5-7,9-11,17H2. The summed E-state index contributed by atoms with van der Waals surface area (Å²) in [5.41, 5.74) is 8.24. The lowest BCUT2D eigenvalue weighted by atomic mass is 10.1. The van der Waals surface area contributed by atoms with Crippen LogP contribution in [0.2, 0.25) is 0 Å². The van der Waals surface area contributed by atoms with Crippen LogP contribution in [0.1, 0.15) is 24.0 Å². The molecule has 0 spiro atoms. The molecule has 104 valence electrons. The Hall–Kier alpha value is -0.420. The van der Waals surface area contributed by atoms with E-state index in [-0.39, 0.29) is 0 Å². The van der Waals surface area contributed by atoms with Gasteiger partial charge < -0.3 is 5.73 Å². The van der Waals surface area contributed by atoms with Crippen LogP contribution in [0, 0.1) is 0 Å². The van der Waals surface area contributed by atoms with Crippen LogP contribution in [0.3, 0.4) is 0 Å². The Morgan fingerprint density at radius 1 is 1.26 bits per heavy atom. The van der Waals surface area contributed by atoms with Gasteiger partial charge in [0, 0.05) is 43.2 Å². The molecule has 1 unspecified atom stereocenters. The number of fused-ring (bicyclic) bond motifs is 1. The minimum Gasteiger partial charge on any atom is -0.326 e. The highest BCUT2D eigenvalue weighted by Gasteiger charge is 2.30. The fourth-order valence-electron chi connectivity index (χ4n) is 3.29. The molecule has 0 saturated carbocycles. The van der Waals surface area contributed by atoms with Gasteiger partial charge in [0.1, 0.15) is 0 Å². The van der Waals surface area contributed by atoms with Gasteiger partial charge in [0.15, 0.2) is 0 Å². The molecule has 0 amide bonds. The van der Waals surface area contributed by atoms with Gasteiger partial charge in [0.2, 0.25) is 0 Å². The van der Waals surface area contributed by atoms with E-state index in [2.05, 4.69) is 43.9 Å². The first-order valence-corrected chi connectivity index (χ1v) is 7.99. The third kappa shape index (κ3) is 3.02. The van der Waals surface area contributed by atoms with Gasteiger partial charge >= 0.3 is 0 Å². The van der Waals surface area contributed by atoms with Crippen molar-refractivity contribution < 1.29 is 0 Å². The van der Waals surface area contributed by atoms with Crippen molar-refractivity contribution >= 4 is 15.9 Å². The van der Waals surface area contributed by atoms with Crippen LogP contribution >= 0.6 is 15.9 Å². The maximum atomic E-state index is 5.67. The molecule has 2 aliphatic rings. The van der Waals surface area contributed by atoms with Gasteiger partial charge in [0.05, 0.1) is 0 Å². The lowest BCUT2D eigenvalue weighted by molar-refractivity contribution is 0.0992. The zero-order valence-corrected chi connectivity index (χ0v) is 12.9. The molecular formula is C15H22BrN3. The molecule has 2 heterocycles. The second-order valence-electron chi connectivity index (χ2n) is 5.70. The topological polar surface area (TPSA) is 32.5 Å². The molecule has 1 aromatic carbocycles. The Bertz CT molecular complexity index is 449. The Labute approximate surface area is 123 Å². The molecule has 2 fully saturated rings. The van der Waals surface area contributed by atoms with Crippen LogP contribution in [-0.4, -0.2) is 42.0 Å². The number of nitrogens with zero attached hydrogens (tertiary/aromatic N) is 2. The molecule has 0 aromatic heterocycles. The molecule has 1 aromatic rings. The highest BCUT2D eigenvalue weighted by Crippen LogP contribution is 2.25. The molecule has 2 aliphatic heterocycles. The summed E-state index contributed by atoms with van der Waals surface area (Å²) >= 11 is 3.68. The predicted octanol–water partition coefficient (Wildman–Crippen LogP) is 2.19. The van der Waals surface area contributed by atoms with Gasteiger partial charge in [-0.15, -0.1) is 0 Å². The smallest absolute Gasteiger partial charge is 0.0246 e. The van der Waals surface area contributed by atoms with Crippen LogP contribution in [0.25, 0.3) is 0 Å². The highest BCUT2D eigenvalue weighted by atomic mass is 79.9. The second kappa shape index (κ2) is 5.92. The summed E-state index contributed by atoms with van der Waals surface area (Å²) in [4.78, 5) is 5.25. The first-order valence-electron chi connectivity index (χ1n) is 7.20. The van der Waals surface area contributed by atoms with Crippen molar-refractivity contribution in [2.45, 2.75) is 32.0 Å². The van der Waals surface area contributed by atoms with Gasteiger partial charge in [-0.3, -0.25) is 9.80 Å². The number of rotatable bonds is 3. The monoisotopic (exact) mass is 323 g/mol. The van der Waals surface area contributed by atoms with E-state index in [1.165, 1.54) is 54.6 Å². The van der Waals surface area contributed by atoms with Crippen LogP contribution in [0.5, 0.6) is 0 Å². The first-order chi connectivity index (χ1) is 9.26. The van der Waals surface area contributed by atoms with Gasteiger partial charge in [-0.1, -0.05) is 28.1 Å². The summed E-state index contributed by atoms with van der Waals surface area (Å²) < 4.78 is 1.20. The summed E-state index contributed by atoms with van der Waals surface area (Å²) in [7, 11) is 0. The quantitative estimate of drug-likeness (QED) is 0.925. The van der Waals surface area contributed by atoms with E-state index in [0.717, 1.165) is 12.6 Å². The van der Waals surface area contributed by atoms with Crippen LogP contribution in [0.15, 0.2) is 22.7 Å². The van der Waals surface area contributed by atoms with E-state index < -0.39 is 0 Å². The van der Waals surface area contributed by atoms with Crippen molar-refractivity contribution in [1.82, 2.24) is 9.80 Å². The zero-order valence-electron chi connectivity index (χ0n) is 11.3. The molecular weight excluding hydrogens is 302 g/mol. The van der Waals surface area contributed by atoms with E-state index >= 15 is 0 Å². The van der Waals surface area contributed by atoms with Crippen LogP contribution in [-0.2, 0) is 13.1 Å². The number of hydrogen-bond donors (Lipinski definition) is 1. The summed E-state index contributed by atoms with van der Waals surface area (Å²) in [5, 5.41) is 0. The second-order valence-corrected chi connectivity index (χ2v) is 6.55. The summed E-state index contributed by atoms with van der Waals surface area (Å²) in [6.45, 7) is 6.64. The molecule has 0 aliphatic carbocycles. The molecule has 0 bridgehead atoms. The third-order valence-corrected chi connectivity index (χ3v) is 5.16. The van der Waals surface area contributed by atoms with Gasteiger partial charge in [-0.25, -0.2) is 0 Å². The highest BCUT2D eigenvalue weighted by molar-refractivity contribution is 9.10. The number of halogens is 1. The predicted molar refractivity (Wildman–Crippen MR) is 81.9 cm³/mol. The molecule has 2 N–H and O–H groups in total. The molecule has 0 radical (unpaired) electrons. The average molecular weight is 324 g/mol. The molecule has 4 heteroatoms. The van der Waals surface area contributed by atoms with Crippen molar-refractivity contribution in [1.29, 1.82) is 0 Å². The number of nitrogens with two attached hydrogens (primary N) is 1. The summed E-state index contributed by atoms with van der Waals surface area (Å²) in [6.07, 6.45) is 2.76. The summed E-state index contributed by atoms with van der Waals surface area (Å²) in [6, 6.07) is 7.32. The van der Waals surface area contributed by atoms with E-state index in [0.29, 0.717) is 6.54 Å². The molecule has 3 nitrogen and oxygen atoms in total. The lowest BCUT2D eigenvalue weighted by Gasteiger charge is -2.37. The maximum Gasteiger partial charge on any atom is 0.0246 e. The van der Waals surface area contributed by atoms with Crippen molar-refractivity contribution in [3.63, 3.8) is 0 Å². The van der Waals surface area contributed by atoms with Crippen LogP contribution < -0.4 is 5.73 Å². The molecule has 3 rings (SSSR count). The van der Waals surface area contributed by atoms with Crippen molar-refractivity contribution in [2.75, 3.05) is 26.2 Å². The van der Waals surface area contributed by atoms with Crippen molar-refractivity contribution in [3.05, 3.63) is 33.8 Å². The zero-order chi connectivity index (χ0) is 13.2. The van der Waals surface area contributed by atoms with Crippen LogP contribution in [0.4, 0.5) is 0 Å². The Morgan fingerprint density at radius 3 is 2.95 bits per heavy atom. The first kappa shape index (κ1) is 13.6. The molecule has 2 saturated heterocycles. The Kier molecular flexibility index (Phi) is 4.22. The van der Waals surface area contributed by atoms with E-state index in [9.17, 15) is 0 Å². The SMILES string of the molecule is NCc1ccc(CN2CCN3CCCC3C2)c(Br)c1. The minimum atomic E-state index is 0.611. The van der Waals surface area contributed by atoms with E-state index in [4.69, 9.17) is 5.73 Å². The summed E-state index contributed by atoms with van der Waals surface area (Å²) in [5.74, 6) is 0. The molecule has 19 heavy (non-hydrogen) atoms. The maximum absolute atomic E-state index is 5.67. The number of benzene rings is 1. The number of hydrogen-bond acceptors (Lipinski definition) is 3. The average Bonchev–Trinajstić information content (AvgIpc) is 2.88. The fourth-order valence-corrected chi connectivity index (χ4v) is 3.84. The van der Waals surface area contributed by atoms with Gasteiger partial charge in [-0.05, 0) is 36.6 Å². The normalized spacial score (nSPS) is 24.6. The van der Waals surface area contributed by atoms with Crippen molar-refractivity contribution in [3.8, 4) is 0 Å².